The van der Waals surface area contributed by atoms with E-state index < -0.39 is 0 Å². The summed E-state index contributed by atoms with van der Waals surface area (Å²) in [6.07, 6.45) is 0.658. The van der Waals surface area contributed by atoms with Crippen LogP contribution in [0.15, 0.2) is 0 Å². The molecule has 0 aliphatic heterocycles. The van der Waals surface area contributed by atoms with Gasteiger partial charge in [-0.1, -0.05) is 13.8 Å². The van der Waals surface area contributed by atoms with Crippen LogP contribution in [-0.4, -0.2) is 45.9 Å². The molecule has 2 aromatic rings. The summed E-state index contributed by atoms with van der Waals surface area (Å²) in [7, 11) is 0. The normalized spacial score (nSPS) is 12.0. The lowest BCUT2D eigenvalue weighted by Crippen LogP contribution is -2.44. The van der Waals surface area contributed by atoms with Crippen LogP contribution >= 0.6 is 0 Å². The van der Waals surface area contributed by atoms with Gasteiger partial charge in [0.05, 0.1) is 0 Å². The van der Waals surface area contributed by atoms with Crippen molar-refractivity contribution in [1.82, 2.24) is 20.6 Å². The predicted molar refractivity (Wildman–Crippen MR) is 124 cm³/mol. The van der Waals surface area contributed by atoms with Gasteiger partial charge in [0.25, 0.3) is 11.8 Å². The first kappa shape index (κ1) is 25.1. The van der Waals surface area contributed by atoms with Crippen LogP contribution in [-0.2, 0) is 0 Å². The zero-order valence-corrected chi connectivity index (χ0v) is 20.2. The highest BCUT2D eigenvalue weighted by Crippen LogP contribution is 2.20. The summed E-state index contributed by atoms with van der Waals surface area (Å²) in [5.74, 6) is -0.546. The van der Waals surface area contributed by atoms with Crippen molar-refractivity contribution in [2.24, 2.45) is 5.92 Å². The molecule has 0 saturated carbocycles. The van der Waals surface area contributed by atoms with Gasteiger partial charge >= 0.3 is 0 Å². The fraction of sp³-hybridized carbons (Fsp3) is 0.500. The summed E-state index contributed by atoms with van der Waals surface area (Å²) >= 11 is 0. The smallest absolute Gasteiger partial charge is 0.268 e. The largest absolute Gasteiger partial charge is 0.354 e. The van der Waals surface area contributed by atoms with Gasteiger partial charge in [0.1, 0.15) is 11.4 Å². The maximum Gasteiger partial charge on any atom is 0.268 e. The van der Waals surface area contributed by atoms with Crippen molar-refractivity contribution in [1.29, 1.82) is 0 Å². The van der Waals surface area contributed by atoms with Crippen molar-refractivity contribution < 1.29 is 19.2 Å². The molecule has 8 heteroatoms. The molecule has 1 atom stereocenters. The van der Waals surface area contributed by atoms with Gasteiger partial charge in [0.2, 0.25) is 0 Å². The van der Waals surface area contributed by atoms with E-state index in [0.29, 0.717) is 51.5 Å². The average Bonchev–Trinajstić information content (AvgIpc) is 3.13. The standard InChI is InChI=1S/C24H34N4O4/c1-11(2)9-18(28-24(32)22-13(4)20(17(8)30)15(6)27-22)10-25-23(31)21-12(3)19(16(7)29)14(5)26-21/h11,18,26-27H,9-10H2,1-8H3,(H,25,31)(H,28,32). The first-order valence-corrected chi connectivity index (χ1v) is 10.8. The van der Waals surface area contributed by atoms with Crippen molar-refractivity contribution >= 4 is 23.4 Å². The molecule has 2 heterocycles. The van der Waals surface area contributed by atoms with E-state index in [1.165, 1.54) is 13.8 Å². The summed E-state index contributed by atoms with van der Waals surface area (Å²) in [5.41, 5.74) is 4.32. The summed E-state index contributed by atoms with van der Waals surface area (Å²) in [5, 5.41) is 5.85. The zero-order chi connectivity index (χ0) is 24.3. The second-order valence-corrected chi connectivity index (χ2v) is 8.87. The van der Waals surface area contributed by atoms with Crippen LogP contribution < -0.4 is 10.6 Å². The minimum Gasteiger partial charge on any atom is -0.354 e. The number of hydrogen-bond donors (Lipinski definition) is 4. The Morgan fingerprint density at radius 3 is 1.59 bits per heavy atom. The predicted octanol–water partition coefficient (Wildman–Crippen LogP) is 3.56. The third-order valence-electron chi connectivity index (χ3n) is 5.63. The Balaban J connectivity index is 2.16. The first-order valence-electron chi connectivity index (χ1n) is 10.8. The fourth-order valence-electron chi connectivity index (χ4n) is 4.33. The molecule has 32 heavy (non-hydrogen) atoms. The van der Waals surface area contributed by atoms with Crippen molar-refractivity contribution in [3.63, 3.8) is 0 Å². The van der Waals surface area contributed by atoms with E-state index >= 15 is 0 Å². The quantitative estimate of drug-likeness (QED) is 0.443. The lowest BCUT2D eigenvalue weighted by atomic mass is 10.0. The Morgan fingerprint density at radius 2 is 1.22 bits per heavy atom. The van der Waals surface area contributed by atoms with Gasteiger partial charge in [0.15, 0.2) is 11.6 Å². The molecule has 8 nitrogen and oxygen atoms in total. The molecule has 0 bridgehead atoms. The second-order valence-electron chi connectivity index (χ2n) is 8.87. The topological polar surface area (TPSA) is 124 Å². The van der Waals surface area contributed by atoms with Crippen LogP contribution in [0.2, 0.25) is 0 Å². The van der Waals surface area contributed by atoms with Crippen LogP contribution in [0.25, 0.3) is 0 Å². The van der Waals surface area contributed by atoms with Crippen LogP contribution in [0.1, 0.15) is 98.3 Å². The highest BCUT2D eigenvalue weighted by Gasteiger charge is 2.24. The minimum absolute atomic E-state index is 0.0946. The maximum atomic E-state index is 12.9. The number of aryl methyl sites for hydroxylation is 2. The number of aromatic nitrogens is 2. The van der Waals surface area contributed by atoms with Gasteiger partial charge in [-0.05, 0) is 65.0 Å². The molecule has 0 aliphatic carbocycles. The number of amides is 2. The summed E-state index contributed by atoms with van der Waals surface area (Å²) in [4.78, 5) is 55.4. The van der Waals surface area contributed by atoms with Crippen LogP contribution in [0, 0.1) is 33.6 Å². The molecule has 2 aromatic heterocycles. The van der Waals surface area contributed by atoms with Crippen molar-refractivity contribution in [3.8, 4) is 0 Å². The highest BCUT2D eigenvalue weighted by atomic mass is 16.2. The molecule has 174 valence electrons. The number of H-pyrrole nitrogens is 2. The molecule has 2 rings (SSSR count). The number of carbonyl (C=O) groups excluding carboxylic acids is 4. The Kier molecular flexibility index (Phi) is 7.83. The molecule has 0 aliphatic rings. The number of hydrogen-bond acceptors (Lipinski definition) is 4. The van der Waals surface area contributed by atoms with Crippen molar-refractivity contribution in [2.45, 2.75) is 67.9 Å². The van der Waals surface area contributed by atoms with Gasteiger partial charge in [-0.15, -0.1) is 0 Å². The number of carbonyl (C=O) groups is 4. The zero-order valence-electron chi connectivity index (χ0n) is 20.2. The molecule has 0 aromatic carbocycles. The third kappa shape index (κ3) is 5.36. The maximum absolute atomic E-state index is 12.9. The Morgan fingerprint density at radius 1 is 0.781 bits per heavy atom. The molecule has 0 saturated heterocycles. The Bertz CT molecular complexity index is 1060. The van der Waals surface area contributed by atoms with E-state index in [1.54, 1.807) is 27.7 Å². The number of nitrogens with one attached hydrogen (secondary N) is 4. The highest BCUT2D eigenvalue weighted by molar-refractivity contribution is 6.03. The van der Waals surface area contributed by atoms with E-state index in [2.05, 4.69) is 20.6 Å². The SMILES string of the molecule is CC(=O)c1c(C)[nH]c(C(=O)NCC(CC(C)C)NC(=O)c2[nH]c(C)c(C(C)=O)c2C)c1C. The Labute approximate surface area is 188 Å². The summed E-state index contributed by atoms with van der Waals surface area (Å²) in [6.45, 7) is 14.3. The molecule has 0 fully saturated rings. The van der Waals surface area contributed by atoms with Gasteiger partial charge in [-0.2, -0.15) is 0 Å². The number of ketones is 2. The molecular formula is C24H34N4O4. The van der Waals surface area contributed by atoms with Gasteiger partial charge in [-0.3, -0.25) is 19.2 Å². The molecular weight excluding hydrogens is 408 g/mol. The number of rotatable bonds is 9. The average molecular weight is 443 g/mol. The van der Waals surface area contributed by atoms with E-state index in [0.717, 1.165) is 0 Å². The number of aromatic amines is 2. The van der Waals surface area contributed by atoms with Gasteiger partial charge in [0, 0.05) is 35.1 Å². The van der Waals surface area contributed by atoms with E-state index in [-0.39, 0.29) is 41.9 Å². The van der Waals surface area contributed by atoms with Crippen molar-refractivity contribution in [2.75, 3.05) is 6.54 Å². The third-order valence-corrected chi connectivity index (χ3v) is 5.63. The monoisotopic (exact) mass is 442 g/mol. The van der Waals surface area contributed by atoms with Crippen molar-refractivity contribution in [3.05, 3.63) is 45.0 Å². The van der Waals surface area contributed by atoms with Crippen LogP contribution in [0.4, 0.5) is 0 Å². The second kappa shape index (κ2) is 9.97. The van der Waals surface area contributed by atoms with Crippen LogP contribution in [0.3, 0.4) is 0 Å². The van der Waals surface area contributed by atoms with E-state index in [4.69, 9.17) is 0 Å². The number of Topliss-reactive ketones (excluding diaryl/α,β-unsaturated/α-hetero) is 2. The van der Waals surface area contributed by atoms with Gasteiger partial charge < -0.3 is 20.6 Å². The van der Waals surface area contributed by atoms with Crippen LogP contribution in [0.5, 0.6) is 0 Å². The summed E-state index contributed by atoms with van der Waals surface area (Å²) in [6, 6.07) is -0.307. The van der Waals surface area contributed by atoms with E-state index in [1.807, 2.05) is 13.8 Å². The molecule has 4 N–H and O–H groups in total. The molecule has 0 spiro atoms. The fourth-order valence-corrected chi connectivity index (χ4v) is 4.33. The summed E-state index contributed by atoms with van der Waals surface area (Å²) < 4.78 is 0. The lowest BCUT2D eigenvalue weighted by molar-refractivity contribution is 0.0898. The molecule has 0 radical (unpaired) electrons. The van der Waals surface area contributed by atoms with E-state index in [9.17, 15) is 19.2 Å². The molecule has 1 unspecified atom stereocenters. The lowest BCUT2D eigenvalue weighted by Gasteiger charge is -2.21. The molecule has 2 amide bonds. The first-order chi connectivity index (χ1) is 14.8. The Hall–Kier alpha value is -3.16. The minimum atomic E-state index is -0.327. The van der Waals surface area contributed by atoms with Gasteiger partial charge in [-0.25, -0.2) is 0 Å².